The zero-order valence-electron chi connectivity index (χ0n) is 10.1. The minimum atomic E-state index is -1.35. The van der Waals surface area contributed by atoms with Crippen molar-refractivity contribution in [1.29, 1.82) is 0 Å². The summed E-state index contributed by atoms with van der Waals surface area (Å²) in [6.07, 6.45) is 0. The molecule has 7 nitrogen and oxygen atoms in total. The number of rotatable bonds is 4. The van der Waals surface area contributed by atoms with Crippen LogP contribution in [-0.2, 0) is 0 Å². The van der Waals surface area contributed by atoms with Gasteiger partial charge in [0.25, 0.3) is 0 Å². The number of anilines is 2. The molecule has 0 saturated carbocycles. The van der Waals surface area contributed by atoms with Crippen LogP contribution in [0.1, 0.15) is 10.4 Å². The summed E-state index contributed by atoms with van der Waals surface area (Å²) in [7, 11) is 1.36. The normalized spacial score (nSPS) is 10.2. The number of halogens is 2. The Morgan fingerprint density at radius 1 is 1.40 bits per heavy atom. The van der Waals surface area contributed by atoms with Crippen LogP contribution in [-0.4, -0.2) is 33.1 Å². The number of nitrogens with zero attached hydrogens (tertiary/aromatic N) is 3. The zero-order chi connectivity index (χ0) is 14.7. The summed E-state index contributed by atoms with van der Waals surface area (Å²) in [6.45, 7) is 0. The Bertz CT molecular complexity index is 668. The molecule has 20 heavy (non-hydrogen) atoms. The molecule has 9 heteroatoms. The van der Waals surface area contributed by atoms with Crippen molar-refractivity contribution in [3.8, 4) is 6.01 Å². The van der Waals surface area contributed by atoms with Crippen LogP contribution in [0.3, 0.4) is 0 Å². The highest BCUT2D eigenvalue weighted by atomic mass is 35.5. The van der Waals surface area contributed by atoms with Gasteiger partial charge in [-0.3, -0.25) is 0 Å². The Hall–Kier alpha value is -2.48. The monoisotopic (exact) mass is 298 g/mol. The topological polar surface area (TPSA) is 97.2 Å². The van der Waals surface area contributed by atoms with Crippen LogP contribution >= 0.6 is 11.6 Å². The second-order valence-electron chi connectivity index (χ2n) is 3.54. The van der Waals surface area contributed by atoms with E-state index in [-0.39, 0.29) is 22.9 Å². The highest BCUT2D eigenvalue weighted by Crippen LogP contribution is 2.19. The Labute approximate surface area is 117 Å². The molecule has 2 aromatic rings. The van der Waals surface area contributed by atoms with Crippen LogP contribution in [0.15, 0.2) is 18.2 Å². The van der Waals surface area contributed by atoms with Crippen molar-refractivity contribution in [2.24, 2.45) is 0 Å². The molecule has 2 rings (SSSR count). The van der Waals surface area contributed by atoms with E-state index >= 15 is 0 Å². The van der Waals surface area contributed by atoms with Gasteiger partial charge in [0.05, 0.1) is 12.7 Å². The van der Waals surface area contributed by atoms with Crippen molar-refractivity contribution < 1.29 is 19.0 Å². The average Bonchev–Trinajstić information content (AvgIpc) is 2.37. The maximum Gasteiger partial charge on any atom is 0.338 e. The van der Waals surface area contributed by atoms with Gasteiger partial charge in [0, 0.05) is 5.69 Å². The predicted molar refractivity (Wildman–Crippen MR) is 68.0 cm³/mol. The van der Waals surface area contributed by atoms with E-state index in [2.05, 4.69) is 20.3 Å². The van der Waals surface area contributed by atoms with Gasteiger partial charge in [0.2, 0.25) is 11.2 Å². The summed E-state index contributed by atoms with van der Waals surface area (Å²) in [6, 6.07) is 3.50. The number of hydrogen-bond donors (Lipinski definition) is 2. The molecule has 104 valence electrons. The summed E-state index contributed by atoms with van der Waals surface area (Å²) < 4.78 is 18.3. The average molecular weight is 299 g/mol. The number of nitrogens with one attached hydrogen (secondary N) is 1. The molecular weight excluding hydrogens is 291 g/mol. The molecule has 0 atom stereocenters. The first kappa shape index (κ1) is 13.9. The number of benzene rings is 1. The molecule has 0 amide bonds. The van der Waals surface area contributed by atoms with Crippen molar-refractivity contribution in [1.82, 2.24) is 15.0 Å². The number of carboxylic acids is 1. The van der Waals surface area contributed by atoms with Gasteiger partial charge >= 0.3 is 12.0 Å². The number of aromatic nitrogens is 3. The molecule has 0 aliphatic carbocycles. The minimum Gasteiger partial charge on any atom is -0.478 e. The van der Waals surface area contributed by atoms with Gasteiger partial charge in [-0.05, 0) is 29.8 Å². The van der Waals surface area contributed by atoms with Gasteiger partial charge < -0.3 is 15.2 Å². The van der Waals surface area contributed by atoms with Gasteiger partial charge in [0.15, 0.2) is 0 Å². The summed E-state index contributed by atoms with van der Waals surface area (Å²) >= 11 is 5.66. The number of hydrogen-bond acceptors (Lipinski definition) is 6. The zero-order valence-corrected chi connectivity index (χ0v) is 10.8. The Morgan fingerprint density at radius 3 is 2.75 bits per heavy atom. The fraction of sp³-hybridized carbons (Fsp3) is 0.0909. The van der Waals surface area contributed by atoms with E-state index in [1.807, 2.05) is 0 Å². The summed E-state index contributed by atoms with van der Waals surface area (Å²) in [5, 5.41) is 11.3. The van der Waals surface area contributed by atoms with Gasteiger partial charge in [0.1, 0.15) is 5.82 Å². The van der Waals surface area contributed by atoms with Crippen LogP contribution in [0.5, 0.6) is 6.01 Å². The Balaban J connectivity index is 2.28. The predicted octanol–water partition coefficient (Wildman–Crippen LogP) is 2.11. The highest BCUT2D eigenvalue weighted by molar-refractivity contribution is 6.28. The molecule has 1 aromatic carbocycles. The van der Waals surface area contributed by atoms with E-state index in [0.29, 0.717) is 0 Å². The van der Waals surface area contributed by atoms with Crippen LogP contribution in [0.2, 0.25) is 5.28 Å². The molecule has 0 spiro atoms. The lowest BCUT2D eigenvalue weighted by molar-refractivity contribution is 0.0692. The lowest BCUT2D eigenvalue weighted by Gasteiger charge is -2.07. The highest BCUT2D eigenvalue weighted by Gasteiger charge is 2.11. The number of carbonyl (C=O) groups is 1. The van der Waals surface area contributed by atoms with Crippen molar-refractivity contribution in [2.75, 3.05) is 12.4 Å². The summed E-state index contributed by atoms with van der Waals surface area (Å²) in [5.41, 5.74) is -0.168. The molecule has 2 N–H and O–H groups in total. The molecule has 0 bridgehead atoms. The Morgan fingerprint density at radius 2 is 2.15 bits per heavy atom. The van der Waals surface area contributed by atoms with Crippen LogP contribution in [0.25, 0.3) is 0 Å². The van der Waals surface area contributed by atoms with Gasteiger partial charge in [-0.25, -0.2) is 9.18 Å². The minimum absolute atomic E-state index is 0.00451. The van der Waals surface area contributed by atoms with Gasteiger partial charge in [-0.15, -0.1) is 0 Å². The van der Waals surface area contributed by atoms with E-state index in [1.165, 1.54) is 13.2 Å². The first-order chi connectivity index (χ1) is 9.49. The van der Waals surface area contributed by atoms with Crippen LogP contribution in [0, 0.1) is 5.82 Å². The molecule has 0 unspecified atom stereocenters. The molecule has 0 aliphatic rings. The smallest absolute Gasteiger partial charge is 0.338 e. The molecule has 0 saturated heterocycles. The molecule has 0 radical (unpaired) electrons. The number of ether oxygens (including phenoxy) is 1. The Kier molecular flexibility index (Phi) is 3.94. The molecular formula is C11H8ClFN4O3. The summed E-state index contributed by atoms with van der Waals surface area (Å²) in [4.78, 5) is 22.0. The standard InChI is InChI=1S/C11H8ClFN4O3/c1-20-11-16-9(12)15-10(17-11)14-5-2-3-6(8(18)19)7(13)4-5/h2-4H,1H3,(H,18,19)(H,14,15,16,17). The van der Waals surface area contributed by atoms with Crippen molar-refractivity contribution >= 4 is 29.2 Å². The van der Waals surface area contributed by atoms with Gasteiger partial charge in [-0.1, -0.05) is 0 Å². The molecule has 1 aromatic heterocycles. The number of aromatic carboxylic acids is 1. The van der Waals surface area contributed by atoms with E-state index in [0.717, 1.165) is 12.1 Å². The van der Waals surface area contributed by atoms with E-state index in [9.17, 15) is 9.18 Å². The fourth-order valence-corrected chi connectivity index (χ4v) is 1.53. The van der Waals surface area contributed by atoms with Crippen LogP contribution < -0.4 is 10.1 Å². The van der Waals surface area contributed by atoms with Crippen molar-refractivity contribution in [3.05, 3.63) is 34.9 Å². The molecule has 1 heterocycles. The first-order valence-corrected chi connectivity index (χ1v) is 5.63. The third-order valence-corrected chi connectivity index (χ3v) is 2.39. The quantitative estimate of drug-likeness (QED) is 0.892. The second-order valence-corrected chi connectivity index (χ2v) is 3.88. The maximum absolute atomic E-state index is 13.5. The number of carboxylic acid groups (broad SMARTS) is 1. The lowest BCUT2D eigenvalue weighted by Crippen LogP contribution is -2.04. The second kappa shape index (κ2) is 5.66. The van der Waals surface area contributed by atoms with Crippen molar-refractivity contribution in [3.63, 3.8) is 0 Å². The molecule has 0 aliphatic heterocycles. The first-order valence-electron chi connectivity index (χ1n) is 5.25. The van der Waals surface area contributed by atoms with Crippen LogP contribution in [0.4, 0.5) is 16.0 Å². The maximum atomic E-state index is 13.5. The lowest BCUT2D eigenvalue weighted by atomic mass is 10.2. The van der Waals surface area contributed by atoms with E-state index in [1.54, 1.807) is 0 Å². The largest absolute Gasteiger partial charge is 0.478 e. The number of methoxy groups -OCH3 is 1. The third kappa shape index (κ3) is 3.09. The van der Waals surface area contributed by atoms with E-state index < -0.39 is 17.3 Å². The SMILES string of the molecule is COc1nc(Cl)nc(Nc2ccc(C(=O)O)c(F)c2)n1. The van der Waals surface area contributed by atoms with Crippen molar-refractivity contribution in [2.45, 2.75) is 0 Å². The third-order valence-electron chi connectivity index (χ3n) is 2.23. The summed E-state index contributed by atoms with van der Waals surface area (Å²) in [5.74, 6) is -2.18. The van der Waals surface area contributed by atoms with Gasteiger partial charge in [-0.2, -0.15) is 15.0 Å². The fourth-order valence-electron chi connectivity index (χ4n) is 1.37. The molecule has 0 fully saturated rings. The van der Waals surface area contributed by atoms with E-state index in [4.69, 9.17) is 21.4 Å².